The highest BCUT2D eigenvalue weighted by atomic mass is 19.2. The van der Waals surface area contributed by atoms with Gasteiger partial charge in [0, 0.05) is 16.9 Å². The zero-order chi connectivity index (χ0) is 19.4. The van der Waals surface area contributed by atoms with Crippen LogP contribution in [0.1, 0.15) is 56.6 Å². The van der Waals surface area contributed by atoms with E-state index in [1.807, 2.05) is 0 Å². The van der Waals surface area contributed by atoms with Gasteiger partial charge in [-0.15, -0.1) is 6.58 Å². The van der Waals surface area contributed by atoms with Gasteiger partial charge in [-0.3, -0.25) is 0 Å². The Morgan fingerprint density at radius 2 is 1.85 bits per heavy atom. The monoisotopic (exact) mass is 372 g/mol. The first kappa shape index (κ1) is 19.7. The van der Waals surface area contributed by atoms with E-state index >= 15 is 0 Å². The van der Waals surface area contributed by atoms with Crippen molar-refractivity contribution in [3.8, 4) is 0 Å². The number of halogens is 3. The van der Waals surface area contributed by atoms with Crippen LogP contribution in [-0.4, -0.2) is 0 Å². The van der Waals surface area contributed by atoms with Gasteiger partial charge in [0.15, 0.2) is 5.83 Å². The molecule has 0 atom stereocenters. The van der Waals surface area contributed by atoms with Crippen molar-refractivity contribution in [3.05, 3.63) is 65.8 Å². The second-order valence-corrected chi connectivity index (χ2v) is 7.59. The van der Waals surface area contributed by atoms with Gasteiger partial charge in [0.05, 0.1) is 0 Å². The van der Waals surface area contributed by atoms with Crippen LogP contribution < -0.4 is 0 Å². The SMILES string of the molecule is C=CCCc1ccc2cc(C(F)=C(F)C3CCC(CC)CC3)ccc2c1F. The van der Waals surface area contributed by atoms with E-state index in [2.05, 4.69) is 13.5 Å². The molecule has 1 saturated carbocycles. The number of rotatable bonds is 6. The van der Waals surface area contributed by atoms with Crippen molar-refractivity contribution in [2.45, 2.75) is 51.9 Å². The molecule has 0 bridgehead atoms. The van der Waals surface area contributed by atoms with Crippen LogP contribution in [0.15, 0.2) is 48.8 Å². The van der Waals surface area contributed by atoms with E-state index in [-0.39, 0.29) is 17.3 Å². The minimum atomic E-state index is -0.798. The molecule has 3 heteroatoms. The highest BCUT2D eigenvalue weighted by Gasteiger charge is 2.26. The molecule has 2 aromatic carbocycles. The molecule has 27 heavy (non-hydrogen) atoms. The Bertz CT molecular complexity index is 842. The lowest BCUT2D eigenvalue weighted by atomic mass is 9.80. The molecule has 3 rings (SSSR count). The van der Waals surface area contributed by atoms with Crippen molar-refractivity contribution < 1.29 is 13.2 Å². The predicted molar refractivity (Wildman–Crippen MR) is 107 cm³/mol. The third-order valence-corrected chi connectivity index (χ3v) is 5.90. The van der Waals surface area contributed by atoms with Gasteiger partial charge in [0.25, 0.3) is 0 Å². The normalized spacial score (nSPS) is 21.2. The number of hydrogen-bond donors (Lipinski definition) is 0. The molecular weight excluding hydrogens is 345 g/mol. The second-order valence-electron chi connectivity index (χ2n) is 7.59. The van der Waals surface area contributed by atoms with Crippen LogP contribution in [0.5, 0.6) is 0 Å². The summed E-state index contributed by atoms with van der Waals surface area (Å²) >= 11 is 0. The third kappa shape index (κ3) is 4.28. The van der Waals surface area contributed by atoms with Crippen LogP contribution in [0.4, 0.5) is 13.2 Å². The van der Waals surface area contributed by atoms with Crippen LogP contribution in [0, 0.1) is 17.7 Å². The molecule has 1 aliphatic carbocycles. The average molecular weight is 372 g/mol. The summed E-state index contributed by atoms with van der Waals surface area (Å²) in [5.41, 5.74) is 0.806. The molecule has 0 N–H and O–H groups in total. The average Bonchev–Trinajstić information content (AvgIpc) is 2.72. The lowest BCUT2D eigenvalue weighted by Crippen LogP contribution is -2.14. The summed E-state index contributed by atoms with van der Waals surface area (Å²) in [7, 11) is 0. The van der Waals surface area contributed by atoms with Gasteiger partial charge in [0.2, 0.25) is 0 Å². The van der Waals surface area contributed by atoms with E-state index < -0.39 is 11.7 Å². The van der Waals surface area contributed by atoms with Crippen molar-refractivity contribution in [3.63, 3.8) is 0 Å². The Balaban J connectivity index is 1.86. The van der Waals surface area contributed by atoms with Crippen molar-refractivity contribution in [1.29, 1.82) is 0 Å². The van der Waals surface area contributed by atoms with Gasteiger partial charge in [-0.05, 0) is 61.5 Å². The smallest absolute Gasteiger partial charge is 0.162 e. The molecule has 0 radical (unpaired) electrons. The van der Waals surface area contributed by atoms with Crippen molar-refractivity contribution in [1.82, 2.24) is 0 Å². The first-order valence-electron chi connectivity index (χ1n) is 9.92. The van der Waals surface area contributed by atoms with Gasteiger partial charge in [0.1, 0.15) is 11.6 Å². The molecule has 0 spiro atoms. The quantitative estimate of drug-likeness (QED) is 0.452. The molecule has 0 aromatic heterocycles. The van der Waals surface area contributed by atoms with Gasteiger partial charge in [-0.2, -0.15) is 0 Å². The minimum absolute atomic E-state index is 0.191. The Kier molecular flexibility index (Phi) is 6.41. The molecule has 144 valence electrons. The van der Waals surface area contributed by atoms with E-state index in [1.165, 1.54) is 6.07 Å². The number of fused-ring (bicyclic) bond motifs is 1. The maximum atomic E-state index is 14.8. The molecular formula is C24H27F3. The molecule has 0 unspecified atom stereocenters. The zero-order valence-electron chi connectivity index (χ0n) is 15.9. The highest BCUT2D eigenvalue weighted by Crippen LogP contribution is 2.39. The molecule has 1 aliphatic rings. The molecule has 0 saturated heterocycles. The van der Waals surface area contributed by atoms with E-state index in [1.54, 1.807) is 30.3 Å². The summed E-state index contributed by atoms with van der Waals surface area (Å²) in [6.45, 7) is 5.81. The summed E-state index contributed by atoms with van der Waals surface area (Å²) in [6, 6.07) is 8.07. The number of allylic oxidation sites excluding steroid dienone is 2. The van der Waals surface area contributed by atoms with Crippen LogP contribution in [0.3, 0.4) is 0 Å². The summed E-state index contributed by atoms with van der Waals surface area (Å²) in [6.07, 6.45) is 7.45. The number of benzene rings is 2. The summed E-state index contributed by atoms with van der Waals surface area (Å²) in [5.74, 6) is -1.43. The standard InChI is InChI=1S/C24H27F3/c1-3-5-6-17-11-12-19-15-20(13-14-21(19)22(17)25)24(27)23(26)18-9-7-16(4-2)8-10-18/h3,11-16,18H,1,4-10H2,2H3. The maximum absolute atomic E-state index is 14.8. The molecule has 2 aromatic rings. The van der Waals surface area contributed by atoms with E-state index in [0.717, 1.165) is 19.3 Å². The lowest BCUT2D eigenvalue weighted by Gasteiger charge is -2.26. The topological polar surface area (TPSA) is 0 Å². The van der Waals surface area contributed by atoms with Crippen molar-refractivity contribution in [2.75, 3.05) is 0 Å². The molecule has 0 aliphatic heterocycles. The van der Waals surface area contributed by atoms with Gasteiger partial charge >= 0.3 is 0 Å². The second kappa shape index (κ2) is 8.77. The highest BCUT2D eigenvalue weighted by molar-refractivity contribution is 5.87. The summed E-state index contributed by atoms with van der Waals surface area (Å²) in [4.78, 5) is 0. The summed E-state index contributed by atoms with van der Waals surface area (Å²) in [5, 5.41) is 1.03. The fraction of sp³-hybridized carbons (Fsp3) is 0.417. The molecule has 1 fully saturated rings. The fourth-order valence-electron chi connectivity index (χ4n) is 4.07. The van der Waals surface area contributed by atoms with E-state index in [4.69, 9.17) is 0 Å². The molecule has 0 amide bonds. The Hall–Kier alpha value is -2.03. The number of hydrogen-bond acceptors (Lipinski definition) is 0. The summed E-state index contributed by atoms with van der Waals surface area (Å²) < 4.78 is 44.1. The van der Waals surface area contributed by atoms with Gasteiger partial charge in [-0.1, -0.05) is 43.7 Å². The maximum Gasteiger partial charge on any atom is 0.162 e. The van der Waals surface area contributed by atoms with Crippen LogP contribution in [-0.2, 0) is 6.42 Å². The zero-order valence-corrected chi connectivity index (χ0v) is 15.9. The van der Waals surface area contributed by atoms with Gasteiger partial charge in [-0.25, -0.2) is 13.2 Å². The van der Waals surface area contributed by atoms with E-state index in [9.17, 15) is 13.2 Å². The van der Waals surface area contributed by atoms with Crippen molar-refractivity contribution in [2.24, 2.45) is 11.8 Å². The Morgan fingerprint density at radius 1 is 1.11 bits per heavy atom. The Morgan fingerprint density at radius 3 is 2.52 bits per heavy atom. The van der Waals surface area contributed by atoms with Gasteiger partial charge < -0.3 is 0 Å². The first-order chi connectivity index (χ1) is 13.0. The fourth-order valence-corrected chi connectivity index (χ4v) is 4.07. The largest absolute Gasteiger partial charge is 0.208 e. The van der Waals surface area contributed by atoms with E-state index in [0.29, 0.717) is 47.9 Å². The number of aryl methyl sites for hydroxylation is 1. The first-order valence-corrected chi connectivity index (χ1v) is 9.92. The minimum Gasteiger partial charge on any atom is -0.208 e. The third-order valence-electron chi connectivity index (χ3n) is 5.90. The van der Waals surface area contributed by atoms with Crippen molar-refractivity contribution >= 4 is 16.6 Å². The lowest BCUT2D eigenvalue weighted by molar-refractivity contribution is 0.268. The predicted octanol–water partition coefficient (Wildman–Crippen LogP) is 7.92. The Labute approximate surface area is 159 Å². The molecule has 0 nitrogen and oxygen atoms in total. The van der Waals surface area contributed by atoms with Crippen LogP contribution in [0.25, 0.3) is 16.6 Å². The molecule has 0 heterocycles. The van der Waals surface area contributed by atoms with Crippen LogP contribution >= 0.6 is 0 Å². The van der Waals surface area contributed by atoms with Crippen LogP contribution in [0.2, 0.25) is 0 Å².